The SMILES string of the molecule is F.F.F.O.O.O.[Eu]. The van der Waals surface area contributed by atoms with E-state index in [1.54, 1.807) is 0 Å². The Bertz CT molecular complexity index is 10.1. The van der Waals surface area contributed by atoms with Crippen molar-refractivity contribution >= 4 is 0 Å². The molecule has 0 rings (SSSR count). The van der Waals surface area contributed by atoms with Crippen molar-refractivity contribution in [3.05, 3.63) is 0 Å². The topological polar surface area (TPSA) is 94.5 Å². The first-order valence-electron chi connectivity index (χ1n) is 0. The summed E-state index contributed by atoms with van der Waals surface area (Å²) in [6.07, 6.45) is 0. The minimum atomic E-state index is 0. The van der Waals surface area contributed by atoms with Gasteiger partial charge in [0.05, 0.1) is 0 Å². The summed E-state index contributed by atoms with van der Waals surface area (Å²) in [7, 11) is 0. The summed E-state index contributed by atoms with van der Waals surface area (Å²) in [5.74, 6) is 0. The number of hydrogen-bond acceptors (Lipinski definition) is 0. The van der Waals surface area contributed by atoms with Crippen LogP contribution in [0.2, 0.25) is 0 Å². The van der Waals surface area contributed by atoms with E-state index in [9.17, 15) is 0 Å². The fourth-order valence-electron chi connectivity index (χ4n) is 0. The zero-order valence-corrected chi connectivity index (χ0v) is 5.53. The Morgan fingerprint density at radius 2 is 0.429 bits per heavy atom. The molecule has 0 unspecified atom stereocenters. The number of rotatable bonds is 0. The van der Waals surface area contributed by atoms with E-state index in [4.69, 9.17) is 0 Å². The van der Waals surface area contributed by atoms with Crippen LogP contribution in [0.5, 0.6) is 0 Å². The molecule has 0 aromatic heterocycles. The summed E-state index contributed by atoms with van der Waals surface area (Å²) in [6.45, 7) is 0. The summed E-state index contributed by atoms with van der Waals surface area (Å²) >= 11 is 0. The van der Waals surface area contributed by atoms with Gasteiger partial charge in [-0.05, 0) is 0 Å². The molecule has 55 valence electrons. The maximum atomic E-state index is 0. The van der Waals surface area contributed by atoms with Gasteiger partial charge in [0.2, 0.25) is 0 Å². The second-order valence-electron chi connectivity index (χ2n) is 0. The van der Waals surface area contributed by atoms with Crippen molar-refractivity contribution in [3.8, 4) is 0 Å². The molecule has 0 saturated heterocycles. The standard InChI is InChI=1S/Eu.3FH.3H2O/h;3*1H;3*1H2. The minimum absolute atomic E-state index is 0. The molecule has 0 aliphatic rings. The molecule has 6 N–H and O–H groups in total. The van der Waals surface area contributed by atoms with E-state index in [0.717, 1.165) is 0 Å². The van der Waals surface area contributed by atoms with Gasteiger partial charge >= 0.3 is 0 Å². The van der Waals surface area contributed by atoms with Gasteiger partial charge in [0.25, 0.3) is 0 Å². The summed E-state index contributed by atoms with van der Waals surface area (Å²) in [5.41, 5.74) is 0. The van der Waals surface area contributed by atoms with E-state index in [-0.39, 0.29) is 79.9 Å². The van der Waals surface area contributed by atoms with Gasteiger partial charge in [0.15, 0.2) is 0 Å². The largest absolute Gasteiger partial charge is 0.412 e. The van der Waals surface area contributed by atoms with Gasteiger partial charge in [0.1, 0.15) is 0 Å². The normalized spacial score (nSPS) is 0. The molecule has 0 amide bonds. The summed E-state index contributed by atoms with van der Waals surface area (Å²) in [6, 6.07) is 0. The average Bonchev–Trinajstić information content (AvgIpc) is 0. The van der Waals surface area contributed by atoms with Crippen LogP contribution >= 0.6 is 0 Å². The van der Waals surface area contributed by atoms with E-state index >= 15 is 0 Å². The van der Waals surface area contributed by atoms with Gasteiger partial charge in [-0.25, -0.2) is 0 Å². The van der Waals surface area contributed by atoms with E-state index in [1.165, 1.54) is 0 Å². The van der Waals surface area contributed by atoms with Crippen molar-refractivity contribution in [2.75, 3.05) is 0 Å². The zero-order valence-electron chi connectivity index (χ0n) is 3.10. The van der Waals surface area contributed by atoms with Crippen LogP contribution in [0.3, 0.4) is 0 Å². The van der Waals surface area contributed by atoms with E-state index < -0.39 is 0 Å². The Labute approximate surface area is 79.0 Å². The van der Waals surface area contributed by atoms with Crippen LogP contribution in [0.1, 0.15) is 0 Å². The molecular formula is H9EuF3O3. The fraction of sp³-hybridized carbons (Fsp3) is 0. The summed E-state index contributed by atoms with van der Waals surface area (Å²) in [4.78, 5) is 0. The van der Waals surface area contributed by atoms with Gasteiger partial charge in [-0.2, -0.15) is 0 Å². The van der Waals surface area contributed by atoms with Gasteiger partial charge in [0, 0.05) is 49.4 Å². The molecule has 0 spiro atoms. The number of hydrogen-bond donors (Lipinski definition) is 0. The third-order valence-electron chi connectivity index (χ3n) is 0. The van der Waals surface area contributed by atoms with Crippen LogP contribution in [0.15, 0.2) is 0 Å². The Morgan fingerprint density at radius 3 is 0.429 bits per heavy atom. The Kier molecular flexibility index (Phi) is 7110. The quantitative estimate of drug-likeness (QED) is 0.484. The molecule has 0 atom stereocenters. The maximum absolute atomic E-state index is 0. The average molecular weight is 266 g/mol. The molecule has 7 heavy (non-hydrogen) atoms. The molecule has 0 aromatic rings. The molecule has 7 heteroatoms. The van der Waals surface area contributed by atoms with Crippen LogP contribution < -0.4 is 0 Å². The molecule has 0 fully saturated rings. The Hall–Kier alpha value is 1.25. The molecule has 1 radical (unpaired) electrons. The molecule has 0 heterocycles. The first kappa shape index (κ1) is 276. The van der Waals surface area contributed by atoms with Crippen LogP contribution in [-0.4, -0.2) is 16.4 Å². The van der Waals surface area contributed by atoms with Crippen molar-refractivity contribution in [3.63, 3.8) is 0 Å². The minimum Gasteiger partial charge on any atom is -0.412 e. The first-order chi connectivity index (χ1) is 0. The Morgan fingerprint density at radius 1 is 0.429 bits per heavy atom. The monoisotopic (exact) mass is 267 g/mol. The predicted octanol–water partition coefficient (Wildman–Crippen LogP) is -2.02. The second-order valence-corrected chi connectivity index (χ2v) is 0. The smallest absolute Gasteiger partial charge is 0 e. The third-order valence-corrected chi connectivity index (χ3v) is 0. The van der Waals surface area contributed by atoms with Crippen molar-refractivity contribution in [2.24, 2.45) is 0 Å². The molecular weight excluding hydrogens is 257 g/mol. The van der Waals surface area contributed by atoms with Crippen molar-refractivity contribution in [1.82, 2.24) is 0 Å². The molecule has 0 aliphatic carbocycles. The van der Waals surface area contributed by atoms with Gasteiger partial charge in [-0.1, -0.05) is 0 Å². The van der Waals surface area contributed by atoms with Gasteiger partial charge in [-0.15, -0.1) is 0 Å². The van der Waals surface area contributed by atoms with Crippen molar-refractivity contribution < 1.29 is 79.9 Å². The van der Waals surface area contributed by atoms with E-state index in [0.29, 0.717) is 0 Å². The van der Waals surface area contributed by atoms with Crippen LogP contribution in [-0.2, 0) is 0 Å². The van der Waals surface area contributed by atoms with Crippen LogP contribution in [0.25, 0.3) is 0 Å². The van der Waals surface area contributed by atoms with Gasteiger partial charge < -0.3 is 16.4 Å². The molecule has 0 bridgehead atoms. The predicted molar refractivity (Wildman–Crippen MR) is 18.4 cm³/mol. The molecule has 0 aliphatic heterocycles. The number of halogens is 3. The van der Waals surface area contributed by atoms with E-state index in [2.05, 4.69) is 0 Å². The van der Waals surface area contributed by atoms with Crippen LogP contribution in [0, 0.1) is 49.4 Å². The van der Waals surface area contributed by atoms with Crippen molar-refractivity contribution in [1.29, 1.82) is 0 Å². The summed E-state index contributed by atoms with van der Waals surface area (Å²) < 4.78 is 0. The third kappa shape index (κ3) is 127. The zero-order chi connectivity index (χ0) is 0. The fourth-order valence-corrected chi connectivity index (χ4v) is 0. The molecule has 0 aromatic carbocycles. The summed E-state index contributed by atoms with van der Waals surface area (Å²) in [5, 5.41) is 0. The first-order valence-corrected chi connectivity index (χ1v) is 0. The van der Waals surface area contributed by atoms with Crippen LogP contribution in [0.4, 0.5) is 14.1 Å². The second kappa shape index (κ2) is 180. The van der Waals surface area contributed by atoms with E-state index in [1.807, 2.05) is 0 Å². The molecule has 0 saturated carbocycles. The molecule has 3 nitrogen and oxygen atoms in total. The Balaban J connectivity index is 0. The van der Waals surface area contributed by atoms with Gasteiger partial charge in [-0.3, -0.25) is 14.1 Å². The van der Waals surface area contributed by atoms with Crippen molar-refractivity contribution in [2.45, 2.75) is 0 Å². The maximum Gasteiger partial charge on any atom is 0 e.